The van der Waals surface area contributed by atoms with Crippen LogP contribution in [0.25, 0.3) is 11.3 Å². The minimum atomic E-state index is -4.58. The molecule has 106 valence electrons. The Hall–Kier alpha value is -2.44. The molecular formula is C13H11F3N2O2. The van der Waals surface area contributed by atoms with Gasteiger partial charge in [-0.3, -0.25) is 0 Å². The molecule has 0 unspecified atom stereocenters. The highest BCUT2D eigenvalue weighted by molar-refractivity contribution is 5.97. The lowest BCUT2D eigenvalue weighted by Gasteiger charge is -2.15. The van der Waals surface area contributed by atoms with E-state index in [1.54, 1.807) is 6.07 Å². The van der Waals surface area contributed by atoms with Crippen molar-refractivity contribution < 1.29 is 22.7 Å². The number of aromatic nitrogens is 1. The Balaban J connectivity index is 2.71. The van der Waals surface area contributed by atoms with Gasteiger partial charge in [0.25, 0.3) is 0 Å². The zero-order chi connectivity index (χ0) is 14.9. The molecule has 0 atom stereocenters. The summed E-state index contributed by atoms with van der Waals surface area (Å²) in [6.07, 6.45) is -3.09. The number of halogens is 3. The molecule has 1 aromatic heterocycles. The summed E-state index contributed by atoms with van der Waals surface area (Å²) >= 11 is 0. The zero-order valence-corrected chi connectivity index (χ0v) is 10.4. The van der Waals surface area contributed by atoms with Gasteiger partial charge in [0.15, 0.2) is 0 Å². The third-order valence-corrected chi connectivity index (χ3v) is 2.79. The standard InChI is InChI=1S/C13H11F3N2O2/c1-20-12(19)8-5-7(11-3-2-4-18-11)9(6-10(8)17)13(14,15)16/h2-6,18H,17H2,1H3. The average Bonchev–Trinajstić information content (AvgIpc) is 2.90. The van der Waals surface area contributed by atoms with Gasteiger partial charge in [0.2, 0.25) is 0 Å². The Morgan fingerprint density at radius 2 is 2.05 bits per heavy atom. The number of benzene rings is 1. The van der Waals surface area contributed by atoms with Gasteiger partial charge < -0.3 is 15.5 Å². The number of hydrogen-bond acceptors (Lipinski definition) is 3. The van der Waals surface area contributed by atoms with Crippen molar-refractivity contribution in [2.75, 3.05) is 12.8 Å². The number of nitrogens with one attached hydrogen (secondary N) is 1. The highest BCUT2D eigenvalue weighted by atomic mass is 19.4. The monoisotopic (exact) mass is 284 g/mol. The van der Waals surface area contributed by atoms with Crippen LogP contribution in [-0.4, -0.2) is 18.1 Å². The predicted octanol–water partition coefficient (Wildman–Crippen LogP) is 3.07. The number of rotatable bonds is 2. The van der Waals surface area contributed by atoms with Crippen molar-refractivity contribution in [2.45, 2.75) is 6.18 Å². The number of aromatic amines is 1. The molecule has 3 N–H and O–H groups in total. The summed E-state index contributed by atoms with van der Waals surface area (Å²) in [4.78, 5) is 14.2. The quantitative estimate of drug-likeness (QED) is 0.657. The number of methoxy groups -OCH3 is 1. The summed E-state index contributed by atoms with van der Waals surface area (Å²) in [5.41, 5.74) is 4.29. The van der Waals surface area contributed by atoms with Crippen LogP contribution in [0, 0.1) is 0 Å². The van der Waals surface area contributed by atoms with Crippen molar-refractivity contribution in [1.82, 2.24) is 4.98 Å². The molecule has 2 aromatic rings. The van der Waals surface area contributed by atoms with Crippen LogP contribution in [0.2, 0.25) is 0 Å². The summed E-state index contributed by atoms with van der Waals surface area (Å²) in [5.74, 6) is -0.788. The molecule has 1 heterocycles. The lowest BCUT2D eigenvalue weighted by Crippen LogP contribution is -2.12. The highest BCUT2D eigenvalue weighted by Gasteiger charge is 2.35. The van der Waals surface area contributed by atoms with E-state index in [9.17, 15) is 18.0 Å². The van der Waals surface area contributed by atoms with Gasteiger partial charge in [0.05, 0.1) is 18.2 Å². The molecule has 1 aromatic carbocycles. The fraction of sp³-hybridized carbons (Fsp3) is 0.154. The number of alkyl halides is 3. The van der Waals surface area contributed by atoms with Crippen molar-refractivity contribution in [3.05, 3.63) is 41.6 Å². The second-order valence-electron chi connectivity index (χ2n) is 4.06. The molecule has 0 aliphatic rings. The normalized spacial score (nSPS) is 11.4. The summed E-state index contributed by atoms with van der Waals surface area (Å²) in [6.45, 7) is 0. The molecule has 0 spiro atoms. The summed E-state index contributed by atoms with van der Waals surface area (Å²) in [6, 6.07) is 4.85. The van der Waals surface area contributed by atoms with E-state index < -0.39 is 17.7 Å². The fourth-order valence-electron chi connectivity index (χ4n) is 1.86. The average molecular weight is 284 g/mol. The lowest BCUT2D eigenvalue weighted by molar-refractivity contribution is -0.137. The van der Waals surface area contributed by atoms with Crippen LogP contribution in [0.4, 0.5) is 18.9 Å². The van der Waals surface area contributed by atoms with Crippen LogP contribution >= 0.6 is 0 Å². The Labute approximate surface area is 112 Å². The van der Waals surface area contributed by atoms with Gasteiger partial charge >= 0.3 is 12.1 Å². The van der Waals surface area contributed by atoms with Crippen molar-refractivity contribution in [1.29, 1.82) is 0 Å². The Morgan fingerprint density at radius 1 is 1.35 bits per heavy atom. The maximum atomic E-state index is 13.0. The molecule has 0 aliphatic carbocycles. The van der Waals surface area contributed by atoms with Gasteiger partial charge in [-0.05, 0) is 24.3 Å². The number of nitrogen functional groups attached to an aromatic ring is 1. The van der Waals surface area contributed by atoms with E-state index in [1.165, 1.54) is 12.3 Å². The minimum Gasteiger partial charge on any atom is -0.465 e. The van der Waals surface area contributed by atoms with Crippen LogP contribution in [0.15, 0.2) is 30.5 Å². The Morgan fingerprint density at radius 3 is 2.55 bits per heavy atom. The van der Waals surface area contributed by atoms with Crippen LogP contribution < -0.4 is 5.73 Å². The number of esters is 1. The van der Waals surface area contributed by atoms with Crippen molar-refractivity contribution in [2.24, 2.45) is 0 Å². The van der Waals surface area contributed by atoms with Crippen molar-refractivity contribution >= 4 is 11.7 Å². The van der Waals surface area contributed by atoms with E-state index >= 15 is 0 Å². The van der Waals surface area contributed by atoms with E-state index in [1.807, 2.05) is 0 Å². The molecule has 0 amide bonds. The third kappa shape index (κ3) is 2.47. The van der Waals surface area contributed by atoms with Gasteiger partial charge in [-0.2, -0.15) is 13.2 Å². The second kappa shape index (κ2) is 4.92. The molecule has 2 rings (SSSR count). The molecule has 20 heavy (non-hydrogen) atoms. The summed E-state index contributed by atoms with van der Waals surface area (Å²) in [5, 5.41) is 0. The molecule has 7 heteroatoms. The maximum absolute atomic E-state index is 13.0. The molecule has 0 fully saturated rings. The summed E-state index contributed by atoms with van der Waals surface area (Å²) < 4.78 is 43.7. The minimum absolute atomic E-state index is 0.106. The smallest absolute Gasteiger partial charge is 0.417 e. The first-order chi connectivity index (χ1) is 9.34. The number of hydrogen-bond donors (Lipinski definition) is 2. The number of ether oxygens (including phenoxy) is 1. The molecule has 0 bridgehead atoms. The highest BCUT2D eigenvalue weighted by Crippen LogP contribution is 2.39. The number of anilines is 1. The predicted molar refractivity (Wildman–Crippen MR) is 67.0 cm³/mol. The van der Waals surface area contributed by atoms with Gasteiger partial charge in [0.1, 0.15) is 0 Å². The number of H-pyrrole nitrogens is 1. The van der Waals surface area contributed by atoms with Crippen LogP contribution in [0.5, 0.6) is 0 Å². The first-order valence-corrected chi connectivity index (χ1v) is 5.57. The molecule has 0 radical (unpaired) electrons. The van der Waals surface area contributed by atoms with Crippen molar-refractivity contribution in [3.63, 3.8) is 0 Å². The molecule has 0 aliphatic heterocycles. The van der Waals surface area contributed by atoms with E-state index in [0.29, 0.717) is 0 Å². The molecule has 0 saturated carbocycles. The van der Waals surface area contributed by atoms with E-state index in [-0.39, 0.29) is 22.5 Å². The largest absolute Gasteiger partial charge is 0.465 e. The lowest BCUT2D eigenvalue weighted by atomic mass is 9.99. The number of carbonyl (C=O) groups is 1. The van der Waals surface area contributed by atoms with Crippen molar-refractivity contribution in [3.8, 4) is 11.3 Å². The van der Waals surface area contributed by atoms with Gasteiger partial charge in [0, 0.05) is 23.1 Å². The third-order valence-electron chi connectivity index (χ3n) is 2.79. The Kier molecular flexibility index (Phi) is 3.44. The molecule has 4 nitrogen and oxygen atoms in total. The van der Waals surface area contributed by atoms with Crippen LogP contribution in [0.3, 0.4) is 0 Å². The van der Waals surface area contributed by atoms with Crippen LogP contribution in [-0.2, 0) is 10.9 Å². The molecular weight excluding hydrogens is 273 g/mol. The molecule has 0 saturated heterocycles. The summed E-state index contributed by atoms with van der Waals surface area (Å²) in [7, 11) is 1.13. The van der Waals surface area contributed by atoms with E-state index in [2.05, 4.69) is 9.72 Å². The maximum Gasteiger partial charge on any atom is 0.417 e. The van der Waals surface area contributed by atoms with Gasteiger partial charge in [-0.1, -0.05) is 0 Å². The Bertz CT molecular complexity index is 634. The first-order valence-electron chi connectivity index (χ1n) is 5.57. The van der Waals surface area contributed by atoms with Crippen LogP contribution in [0.1, 0.15) is 15.9 Å². The van der Waals surface area contributed by atoms with E-state index in [4.69, 9.17) is 5.73 Å². The fourth-order valence-corrected chi connectivity index (χ4v) is 1.86. The van der Waals surface area contributed by atoms with Gasteiger partial charge in [-0.25, -0.2) is 4.79 Å². The van der Waals surface area contributed by atoms with E-state index in [0.717, 1.165) is 19.2 Å². The topological polar surface area (TPSA) is 68.1 Å². The number of carbonyl (C=O) groups excluding carboxylic acids is 1. The number of nitrogens with two attached hydrogens (primary N) is 1. The van der Waals surface area contributed by atoms with Gasteiger partial charge in [-0.15, -0.1) is 0 Å². The SMILES string of the molecule is COC(=O)c1cc(-c2ccc[nH]2)c(C(F)(F)F)cc1N. The second-order valence-corrected chi connectivity index (χ2v) is 4.06. The zero-order valence-electron chi connectivity index (χ0n) is 10.4. The first kappa shape index (κ1) is 14.0.